The van der Waals surface area contributed by atoms with Gasteiger partial charge in [0.25, 0.3) is 0 Å². The molecule has 100 valence electrons. The number of hydrogen-bond donors (Lipinski definition) is 2. The van der Waals surface area contributed by atoms with Crippen molar-refractivity contribution in [2.75, 3.05) is 24.3 Å². The van der Waals surface area contributed by atoms with Crippen molar-refractivity contribution in [3.05, 3.63) is 29.8 Å². The van der Waals surface area contributed by atoms with Gasteiger partial charge in [-0.15, -0.1) is 11.6 Å². The zero-order chi connectivity index (χ0) is 13.4. The number of anilines is 1. The van der Waals surface area contributed by atoms with Crippen molar-refractivity contribution in [3.63, 3.8) is 0 Å². The van der Waals surface area contributed by atoms with E-state index >= 15 is 0 Å². The molecule has 1 heterocycles. The summed E-state index contributed by atoms with van der Waals surface area (Å²) in [7, 11) is 0. The van der Waals surface area contributed by atoms with Crippen LogP contribution < -0.4 is 10.1 Å². The van der Waals surface area contributed by atoms with Crippen LogP contribution in [0.15, 0.2) is 24.3 Å². The predicted molar refractivity (Wildman–Crippen MR) is 78.7 cm³/mol. The fourth-order valence-electron chi connectivity index (χ4n) is 2.76. The topological polar surface area (TPSA) is 41.5 Å². The van der Waals surface area contributed by atoms with E-state index in [0.717, 1.165) is 34.3 Å². The monoisotopic (exact) mass is 277 g/mol. The fraction of sp³-hybridized carbons (Fsp3) is 0.333. The molecule has 0 radical (unpaired) electrons. The van der Waals surface area contributed by atoms with E-state index in [1.165, 1.54) is 0 Å². The van der Waals surface area contributed by atoms with Gasteiger partial charge in [0, 0.05) is 40.9 Å². The first kappa shape index (κ1) is 12.4. The largest absolute Gasteiger partial charge is 0.507 e. The number of fused-ring (bicyclic) bond motifs is 3. The molecule has 3 rings (SSSR count). The van der Waals surface area contributed by atoms with Gasteiger partial charge in [0.1, 0.15) is 11.5 Å². The second-order valence-electron chi connectivity index (χ2n) is 4.70. The maximum atomic E-state index is 10.2. The first-order valence-corrected chi connectivity index (χ1v) is 7.01. The number of benzene rings is 2. The van der Waals surface area contributed by atoms with E-state index in [9.17, 15) is 5.11 Å². The highest BCUT2D eigenvalue weighted by atomic mass is 35.5. The van der Waals surface area contributed by atoms with Crippen molar-refractivity contribution >= 4 is 28.1 Å². The van der Waals surface area contributed by atoms with Gasteiger partial charge in [-0.2, -0.15) is 0 Å². The van der Waals surface area contributed by atoms with Gasteiger partial charge in [-0.25, -0.2) is 0 Å². The minimum absolute atomic E-state index is 0.251. The van der Waals surface area contributed by atoms with E-state index in [-0.39, 0.29) is 11.7 Å². The van der Waals surface area contributed by atoms with E-state index < -0.39 is 0 Å². The van der Waals surface area contributed by atoms with Crippen LogP contribution in [0.2, 0.25) is 0 Å². The molecule has 0 amide bonds. The van der Waals surface area contributed by atoms with Gasteiger partial charge in [0.2, 0.25) is 0 Å². The highest BCUT2D eigenvalue weighted by molar-refractivity contribution is 6.19. The molecule has 0 aromatic heterocycles. The van der Waals surface area contributed by atoms with Crippen LogP contribution in [-0.4, -0.2) is 24.1 Å². The summed E-state index contributed by atoms with van der Waals surface area (Å²) < 4.78 is 5.71. The van der Waals surface area contributed by atoms with E-state index in [0.29, 0.717) is 12.5 Å². The zero-order valence-electron chi connectivity index (χ0n) is 10.7. The quantitative estimate of drug-likeness (QED) is 0.841. The maximum Gasteiger partial charge on any atom is 0.127 e. The molecule has 19 heavy (non-hydrogen) atoms. The van der Waals surface area contributed by atoms with Crippen molar-refractivity contribution in [2.24, 2.45) is 0 Å². The van der Waals surface area contributed by atoms with Crippen LogP contribution in [0.1, 0.15) is 18.4 Å². The Labute approximate surface area is 117 Å². The Balaban J connectivity index is 2.35. The summed E-state index contributed by atoms with van der Waals surface area (Å²) in [4.78, 5) is 0. The molecule has 1 atom stereocenters. The van der Waals surface area contributed by atoms with Gasteiger partial charge in [0.05, 0.1) is 6.61 Å². The number of rotatable bonds is 3. The third-order valence-electron chi connectivity index (χ3n) is 3.58. The molecule has 0 unspecified atom stereocenters. The molecule has 0 bridgehead atoms. The Kier molecular flexibility index (Phi) is 3.15. The molecule has 2 aromatic rings. The van der Waals surface area contributed by atoms with E-state index in [1.807, 2.05) is 25.1 Å². The third-order valence-corrected chi connectivity index (χ3v) is 3.95. The SMILES string of the molecule is CCOc1cccc2c(O)cc3c(c12)[C@H](CCl)CN3. The van der Waals surface area contributed by atoms with Crippen LogP contribution in [0.25, 0.3) is 10.8 Å². The summed E-state index contributed by atoms with van der Waals surface area (Å²) in [5, 5.41) is 15.3. The molecule has 3 nitrogen and oxygen atoms in total. The van der Waals surface area contributed by atoms with Gasteiger partial charge in [-0.3, -0.25) is 0 Å². The van der Waals surface area contributed by atoms with Crippen molar-refractivity contribution in [1.29, 1.82) is 0 Å². The van der Waals surface area contributed by atoms with Crippen molar-refractivity contribution < 1.29 is 9.84 Å². The number of phenolic OH excluding ortho intramolecular Hbond substituents is 1. The summed E-state index contributed by atoms with van der Waals surface area (Å²) in [6.45, 7) is 3.36. The molecule has 1 aliphatic rings. The maximum absolute atomic E-state index is 10.2. The van der Waals surface area contributed by atoms with Crippen LogP contribution in [0.3, 0.4) is 0 Å². The molecule has 1 aliphatic heterocycles. The normalized spacial score (nSPS) is 17.3. The van der Waals surface area contributed by atoms with Gasteiger partial charge in [-0.1, -0.05) is 12.1 Å². The summed E-state index contributed by atoms with van der Waals surface area (Å²) in [5.41, 5.74) is 2.12. The zero-order valence-corrected chi connectivity index (χ0v) is 11.5. The van der Waals surface area contributed by atoms with Gasteiger partial charge >= 0.3 is 0 Å². The average Bonchev–Trinajstić information content (AvgIpc) is 2.82. The van der Waals surface area contributed by atoms with E-state index in [2.05, 4.69) is 5.32 Å². The highest BCUT2D eigenvalue weighted by Gasteiger charge is 2.27. The highest BCUT2D eigenvalue weighted by Crippen LogP contribution is 2.45. The molecule has 0 spiro atoms. The summed E-state index contributed by atoms with van der Waals surface area (Å²) in [5.74, 6) is 1.89. The molecular weight excluding hydrogens is 262 g/mol. The van der Waals surface area contributed by atoms with Crippen LogP contribution in [0.5, 0.6) is 11.5 Å². The van der Waals surface area contributed by atoms with Crippen LogP contribution in [0, 0.1) is 0 Å². The van der Waals surface area contributed by atoms with Crippen molar-refractivity contribution in [1.82, 2.24) is 0 Å². The van der Waals surface area contributed by atoms with Crippen LogP contribution in [0.4, 0.5) is 5.69 Å². The van der Waals surface area contributed by atoms with Crippen LogP contribution in [-0.2, 0) is 0 Å². The standard InChI is InChI=1S/C15H16ClNO2/c1-2-19-13-5-3-4-10-12(18)6-11-14(15(10)13)9(7-16)8-17-11/h3-6,9,17-18H,2,7-8H2,1H3/t9-/m1/s1. The Bertz CT molecular complexity index is 627. The number of hydrogen-bond acceptors (Lipinski definition) is 3. The molecule has 0 saturated carbocycles. The second kappa shape index (κ2) is 4.82. The molecule has 2 N–H and O–H groups in total. The Morgan fingerprint density at radius 2 is 2.32 bits per heavy atom. The fourth-order valence-corrected chi connectivity index (χ4v) is 3.03. The first-order valence-electron chi connectivity index (χ1n) is 6.47. The van der Waals surface area contributed by atoms with Crippen molar-refractivity contribution in [2.45, 2.75) is 12.8 Å². The van der Waals surface area contributed by atoms with Gasteiger partial charge in [0.15, 0.2) is 0 Å². The lowest BCUT2D eigenvalue weighted by molar-refractivity contribution is 0.344. The van der Waals surface area contributed by atoms with Gasteiger partial charge < -0.3 is 15.2 Å². The lowest BCUT2D eigenvalue weighted by Gasteiger charge is -2.15. The lowest BCUT2D eigenvalue weighted by atomic mass is 9.94. The predicted octanol–water partition coefficient (Wildman–Crippen LogP) is 3.69. The Morgan fingerprint density at radius 3 is 3.05 bits per heavy atom. The number of phenols is 1. The minimum Gasteiger partial charge on any atom is -0.507 e. The molecule has 2 aromatic carbocycles. The number of halogens is 1. The Hall–Kier alpha value is -1.61. The second-order valence-corrected chi connectivity index (χ2v) is 5.01. The molecule has 0 saturated heterocycles. The lowest BCUT2D eigenvalue weighted by Crippen LogP contribution is -2.03. The number of ether oxygens (including phenoxy) is 1. The summed E-state index contributed by atoms with van der Waals surface area (Å²) >= 11 is 6.06. The summed E-state index contributed by atoms with van der Waals surface area (Å²) in [6.07, 6.45) is 0. The number of nitrogens with one attached hydrogen (secondary N) is 1. The van der Waals surface area contributed by atoms with Crippen LogP contribution >= 0.6 is 11.6 Å². The summed E-state index contributed by atoms with van der Waals surface area (Å²) in [6, 6.07) is 7.53. The van der Waals surface area contributed by atoms with E-state index in [4.69, 9.17) is 16.3 Å². The van der Waals surface area contributed by atoms with Gasteiger partial charge in [-0.05, 0) is 18.6 Å². The first-order chi connectivity index (χ1) is 9.26. The number of aromatic hydroxyl groups is 1. The smallest absolute Gasteiger partial charge is 0.127 e. The van der Waals surface area contributed by atoms with Crippen molar-refractivity contribution in [3.8, 4) is 11.5 Å². The average molecular weight is 278 g/mol. The minimum atomic E-state index is 0.251. The molecule has 0 aliphatic carbocycles. The molecule has 0 fully saturated rings. The molecule has 4 heteroatoms. The Morgan fingerprint density at radius 1 is 1.47 bits per heavy atom. The molecular formula is C15H16ClNO2. The van der Waals surface area contributed by atoms with E-state index in [1.54, 1.807) is 6.07 Å². The third kappa shape index (κ3) is 1.89. The number of alkyl halides is 1.